The highest BCUT2D eigenvalue weighted by atomic mass is 79.9. The molecule has 0 radical (unpaired) electrons. The number of anilines is 2. The molecule has 0 spiro atoms. The normalized spacial score (nSPS) is 10.1. The third-order valence-electron chi connectivity index (χ3n) is 2.36. The predicted octanol–water partition coefficient (Wildman–Crippen LogP) is 5.00. The summed E-state index contributed by atoms with van der Waals surface area (Å²) in [5.74, 6) is -1.49. The van der Waals surface area contributed by atoms with Crippen LogP contribution < -0.4 is 5.32 Å². The lowest BCUT2D eigenvalue weighted by molar-refractivity contribution is 0.589. The van der Waals surface area contributed by atoms with E-state index < -0.39 is 11.6 Å². The summed E-state index contributed by atoms with van der Waals surface area (Å²) in [7, 11) is 0. The topological polar surface area (TPSA) is 35.8 Å². The highest BCUT2D eigenvalue weighted by Crippen LogP contribution is 2.30. The summed E-state index contributed by atoms with van der Waals surface area (Å²) in [6.07, 6.45) is 0. The third-order valence-corrected chi connectivity index (χ3v) is 3.14. The lowest BCUT2D eigenvalue weighted by Gasteiger charge is -2.11. The highest BCUT2D eigenvalue weighted by molar-refractivity contribution is 9.10. The number of rotatable bonds is 2. The van der Waals surface area contributed by atoms with E-state index in [-0.39, 0.29) is 10.7 Å². The van der Waals surface area contributed by atoms with Crippen LogP contribution in [0.15, 0.2) is 34.8 Å². The molecule has 2 nitrogen and oxygen atoms in total. The molecule has 0 atom stereocenters. The van der Waals surface area contributed by atoms with Crippen LogP contribution >= 0.6 is 27.5 Å². The van der Waals surface area contributed by atoms with E-state index in [9.17, 15) is 8.78 Å². The minimum absolute atomic E-state index is 0.209. The molecule has 2 rings (SSSR count). The lowest BCUT2D eigenvalue weighted by Crippen LogP contribution is -1.98. The Morgan fingerprint density at radius 2 is 1.79 bits per heavy atom. The maximum absolute atomic E-state index is 13.6. The number of nitrogens with zero attached hydrogens (tertiary/aromatic N) is 1. The van der Waals surface area contributed by atoms with Crippen LogP contribution in [0.5, 0.6) is 0 Å². The second-order valence-electron chi connectivity index (χ2n) is 3.68. The van der Waals surface area contributed by atoms with Crippen molar-refractivity contribution in [2.45, 2.75) is 0 Å². The predicted molar refractivity (Wildman–Crippen MR) is 73.5 cm³/mol. The zero-order valence-electron chi connectivity index (χ0n) is 9.35. The molecule has 0 unspecified atom stereocenters. The van der Waals surface area contributed by atoms with Gasteiger partial charge in [0.1, 0.15) is 5.69 Å². The van der Waals surface area contributed by atoms with E-state index in [0.717, 1.165) is 12.1 Å². The van der Waals surface area contributed by atoms with Crippen molar-refractivity contribution in [1.82, 2.24) is 0 Å². The molecule has 0 bridgehead atoms. The van der Waals surface area contributed by atoms with Crippen LogP contribution in [0.4, 0.5) is 20.2 Å². The van der Waals surface area contributed by atoms with Gasteiger partial charge in [0.15, 0.2) is 11.6 Å². The van der Waals surface area contributed by atoms with Gasteiger partial charge in [-0.25, -0.2) is 8.78 Å². The Kier molecular flexibility index (Phi) is 4.03. The summed E-state index contributed by atoms with van der Waals surface area (Å²) < 4.78 is 27.6. The summed E-state index contributed by atoms with van der Waals surface area (Å²) >= 11 is 8.92. The number of hydrogen-bond donors (Lipinski definition) is 1. The number of nitriles is 1. The van der Waals surface area contributed by atoms with Crippen LogP contribution in [0.2, 0.25) is 5.02 Å². The van der Waals surface area contributed by atoms with Gasteiger partial charge in [-0.2, -0.15) is 5.26 Å². The molecule has 0 fully saturated rings. The first-order chi connectivity index (χ1) is 9.01. The molecule has 0 aliphatic rings. The minimum atomic E-state index is -0.743. The Labute approximate surface area is 121 Å². The minimum Gasteiger partial charge on any atom is -0.350 e. The Bertz CT molecular complexity index is 660. The van der Waals surface area contributed by atoms with Gasteiger partial charge in [0.25, 0.3) is 0 Å². The fourth-order valence-corrected chi connectivity index (χ4v) is 2.11. The Morgan fingerprint density at radius 3 is 2.32 bits per heavy atom. The molecule has 2 aromatic rings. The van der Waals surface area contributed by atoms with Crippen molar-refractivity contribution in [3.63, 3.8) is 0 Å². The molecule has 1 N–H and O–H groups in total. The van der Waals surface area contributed by atoms with Gasteiger partial charge in [0, 0.05) is 4.47 Å². The molecule has 0 heterocycles. The SMILES string of the molecule is N#Cc1ccc(Nc2c(F)cc(Br)cc2F)c(Cl)c1. The lowest BCUT2D eigenvalue weighted by atomic mass is 10.2. The van der Waals surface area contributed by atoms with Crippen molar-refractivity contribution < 1.29 is 8.78 Å². The van der Waals surface area contributed by atoms with Crippen molar-refractivity contribution in [3.05, 3.63) is 57.0 Å². The zero-order valence-corrected chi connectivity index (χ0v) is 11.7. The smallest absolute Gasteiger partial charge is 0.150 e. The largest absolute Gasteiger partial charge is 0.350 e. The van der Waals surface area contributed by atoms with Crippen LogP contribution in [-0.4, -0.2) is 0 Å². The van der Waals surface area contributed by atoms with Crippen LogP contribution in [0.25, 0.3) is 0 Å². The molecule has 6 heteroatoms. The van der Waals surface area contributed by atoms with E-state index in [1.807, 2.05) is 6.07 Å². The highest BCUT2D eigenvalue weighted by Gasteiger charge is 2.12. The Balaban J connectivity index is 2.40. The second-order valence-corrected chi connectivity index (χ2v) is 5.00. The first kappa shape index (κ1) is 13.8. The monoisotopic (exact) mass is 342 g/mol. The average Bonchev–Trinajstić information content (AvgIpc) is 2.35. The molecule has 19 heavy (non-hydrogen) atoms. The van der Waals surface area contributed by atoms with Gasteiger partial charge in [-0.1, -0.05) is 27.5 Å². The Morgan fingerprint density at radius 1 is 1.16 bits per heavy atom. The summed E-state index contributed by atoms with van der Waals surface area (Å²) in [6, 6.07) is 8.61. The standard InChI is InChI=1S/C13H6BrClF2N2/c14-8-4-10(16)13(11(17)5-8)19-12-2-1-7(6-18)3-9(12)15/h1-5,19H. The molecular formula is C13H6BrClF2N2. The Hall–Kier alpha value is -1.64. The van der Waals surface area contributed by atoms with E-state index in [4.69, 9.17) is 16.9 Å². The fraction of sp³-hybridized carbons (Fsp3) is 0. The summed E-state index contributed by atoms with van der Waals surface area (Å²) in [6.45, 7) is 0. The van der Waals surface area contributed by atoms with E-state index >= 15 is 0 Å². The molecular weight excluding hydrogens is 338 g/mol. The van der Waals surface area contributed by atoms with Gasteiger partial charge in [-0.05, 0) is 30.3 Å². The summed E-state index contributed by atoms with van der Waals surface area (Å²) in [4.78, 5) is 0. The average molecular weight is 344 g/mol. The van der Waals surface area contributed by atoms with E-state index in [2.05, 4.69) is 21.2 Å². The molecule has 0 amide bonds. The quantitative estimate of drug-likeness (QED) is 0.833. The second kappa shape index (κ2) is 5.55. The van der Waals surface area contributed by atoms with Crippen molar-refractivity contribution in [2.75, 3.05) is 5.32 Å². The van der Waals surface area contributed by atoms with Crippen LogP contribution in [0, 0.1) is 23.0 Å². The third kappa shape index (κ3) is 3.03. The molecule has 2 aromatic carbocycles. The van der Waals surface area contributed by atoms with Crippen molar-refractivity contribution in [3.8, 4) is 6.07 Å². The van der Waals surface area contributed by atoms with Crippen LogP contribution in [0.1, 0.15) is 5.56 Å². The van der Waals surface area contributed by atoms with Gasteiger partial charge < -0.3 is 5.32 Å². The zero-order chi connectivity index (χ0) is 14.0. The van der Waals surface area contributed by atoms with Gasteiger partial charge >= 0.3 is 0 Å². The maximum Gasteiger partial charge on any atom is 0.150 e. The van der Waals surface area contributed by atoms with Crippen molar-refractivity contribution >= 4 is 38.9 Å². The molecule has 0 aliphatic heterocycles. The molecule has 0 aliphatic carbocycles. The van der Waals surface area contributed by atoms with Gasteiger partial charge in [-0.3, -0.25) is 0 Å². The van der Waals surface area contributed by atoms with Crippen molar-refractivity contribution in [2.24, 2.45) is 0 Å². The molecule has 0 saturated heterocycles. The van der Waals surface area contributed by atoms with Crippen molar-refractivity contribution in [1.29, 1.82) is 5.26 Å². The first-order valence-corrected chi connectivity index (χ1v) is 6.29. The fourth-order valence-electron chi connectivity index (χ4n) is 1.48. The molecule has 96 valence electrons. The van der Waals surface area contributed by atoms with E-state index in [1.54, 1.807) is 0 Å². The van der Waals surface area contributed by atoms with E-state index in [0.29, 0.717) is 15.7 Å². The summed E-state index contributed by atoms with van der Waals surface area (Å²) in [5, 5.41) is 11.5. The molecule has 0 saturated carbocycles. The number of halogens is 4. The number of hydrogen-bond acceptors (Lipinski definition) is 2. The summed E-state index contributed by atoms with van der Waals surface area (Å²) in [5.41, 5.74) is 0.392. The first-order valence-electron chi connectivity index (χ1n) is 5.12. The molecule has 0 aromatic heterocycles. The van der Waals surface area contributed by atoms with Gasteiger partial charge in [0.2, 0.25) is 0 Å². The van der Waals surface area contributed by atoms with E-state index in [1.165, 1.54) is 18.2 Å². The number of nitrogens with one attached hydrogen (secondary N) is 1. The van der Waals surface area contributed by atoms with Gasteiger partial charge in [-0.15, -0.1) is 0 Å². The number of benzene rings is 2. The van der Waals surface area contributed by atoms with Crippen LogP contribution in [-0.2, 0) is 0 Å². The van der Waals surface area contributed by atoms with Crippen LogP contribution in [0.3, 0.4) is 0 Å². The maximum atomic E-state index is 13.6. The van der Waals surface area contributed by atoms with Gasteiger partial charge in [0.05, 0.1) is 22.3 Å².